The van der Waals surface area contributed by atoms with Gasteiger partial charge in [-0.25, -0.2) is 8.78 Å². The van der Waals surface area contributed by atoms with Gasteiger partial charge in [-0.05, 0) is 44.4 Å². The van der Waals surface area contributed by atoms with Crippen molar-refractivity contribution in [2.75, 3.05) is 17.6 Å². The third-order valence-corrected chi connectivity index (χ3v) is 3.82. The summed E-state index contributed by atoms with van der Waals surface area (Å²) in [6.45, 7) is 3.44. The van der Waals surface area contributed by atoms with Crippen LogP contribution >= 0.6 is 22.6 Å². The summed E-state index contributed by atoms with van der Waals surface area (Å²) in [7, 11) is 0. The highest BCUT2D eigenvalue weighted by Crippen LogP contribution is 2.32. The molecular weight excluding hydrogens is 421 g/mol. The van der Waals surface area contributed by atoms with Crippen LogP contribution in [0.2, 0.25) is 0 Å². The second-order valence-corrected chi connectivity index (χ2v) is 6.00. The normalized spacial score (nSPS) is 11.2. The van der Waals surface area contributed by atoms with E-state index in [1.54, 1.807) is 13.8 Å². The molecule has 0 radical (unpaired) electrons. The molecule has 0 aliphatic carbocycles. The van der Waals surface area contributed by atoms with Gasteiger partial charge in [-0.2, -0.15) is 0 Å². The third kappa shape index (κ3) is 5.12. The minimum Gasteiger partial charge on any atom is -0.465 e. The molecule has 128 valence electrons. The van der Waals surface area contributed by atoms with Crippen molar-refractivity contribution >= 4 is 34.5 Å². The number of esters is 2. The summed E-state index contributed by atoms with van der Waals surface area (Å²) in [5, 5.41) is 0. The second kappa shape index (κ2) is 9.14. The SMILES string of the molecule is CCOC(=O)C(CCI)(Cc1cc(F)cc(F)c1)C(=O)OCC. The minimum absolute atomic E-state index is 0.0960. The molecule has 0 atom stereocenters. The summed E-state index contributed by atoms with van der Waals surface area (Å²) in [6, 6.07) is 2.94. The standard InChI is InChI=1S/C16H19F2IO4/c1-3-22-14(20)16(5-6-19,15(21)23-4-2)10-11-7-12(17)9-13(18)8-11/h7-9H,3-6,10H2,1-2H3. The van der Waals surface area contributed by atoms with E-state index in [0.29, 0.717) is 4.43 Å². The molecule has 4 nitrogen and oxygen atoms in total. The van der Waals surface area contributed by atoms with E-state index in [0.717, 1.165) is 18.2 Å². The molecule has 1 rings (SSSR count). The van der Waals surface area contributed by atoms with Crippen LogP contribution in [0.1, 0.15) is 25.8 Å². The molecule has 0 N–H and O–H groups in total. The Bertz CT molecular complexity index is 525. The molecule has 0 spiro atoms. The molecule has 7 heteroatoms. The number of hydrogen-bond acceptors (Lipinski definition) is 4. The molecule has 0 saturated carbocycles. The molecule has 0 heterocycles. The Hall–Kier alpha value is -1.25. The van der Waals surface area contributed by atoms with Crippen molar-refractivity contribution in [3.8, 4) is 0 Å². The van der Waals surface area contributed by atoms with Gasteiger partial charge in [0.15, 0.2) is 5.41 Å². The van der Waals surface area contributed by atoms with Gasteiger partial charge in [0.25, 0.3) is 0 Å². The number of benzene rings is 1. The van der Waals surface area contributed by atoms with Crippen LogP contribution in [0.25, 0.3) is 0 Å². The Morgan fingerprint density at radius 3 is 1.91 bits per heavy atom. The van der Waals surface area contributed by atoms with Crippen molar-refractivity contribution in [1.82, 2.24) is 0 Å². The quantitative estimate of drug-likeness (QED) is 0.269. The average Bonchev–Trinajstić information content (AvgIpc) is 2.46. The summed E-state index contributed by atoms with van der Waals surface area (Å²) in [5.41, 5.74) is -1.40. The van der Waals surface area contributed by atoms with E-state index in [9.17, 15) is 18.4 Å². The van der Waals surface area contributed by atoms with Crippen molar-refractivity contribution in [2.45, 2.75) is 26.7 Å². The molecule has 23 heavy (non-hydrogen) atoms. The van der Waals surface area contributed by atoms with Gasteiger partial charge in [0.05, 0.1) is 13.2 Å². The van der Waals surface area contributed by atoms with Gasteiger partial charge in [-0.1, -0.05) is 22.6 Å². The fourth-order valence-corrected chi connectivity index (χ4v) is 3.20. The first-order chi connectivity index (χ1) is 10.9. The van der Waals surface area contributed by atoms with Crippen LogP contribution in [0.4, 0.5) is 8.78 Å². The maximum Gasteiger partial charge on any atom is 0.323 e. The van der Waals surface area contributed by atoms with Gasteiger partial charge in [0.1, 0.15) is 11.6 Å². The molecule has 1 aromatic carbocycles. The lowest BCUT2D eigenvalue weighted by molar-refractivity contribution is -0.172. The molecule has 0 amide bonds. The average molecular weight is 440 g/mol. The second-order valence-electron chi connectivity index (χ2n) is 4.92. The Kier molecular flexibility index (Phi) is 7.87. The first-order valence-corrected chi connectivity index (χ1v) is 8.77. The molecule has 0 aliphatic rings. The van der Waals surface area contributed by atoms with Crippen LogP contribution < -0.4 is 0 Å². The zero-order chi connectivity index (χ0) is 17.5. The van der Waals surface area contributed by atoms with Crippen molar-refractivity contribution in [2.24, 2.45) is 5.41 Å². The van der Waals surface area contributed by atoms with E-state index in [2.05, 4.69) is 0 Å². The molecule has 0 fully saturated rings. The number of halogens is 3. The van der Waals surface area contributed by atoms with Gasteiger partial charge >= 0.3 is 11.9 Å². The Labute approximate surface area is 147 Å². The highest BCUT2D eigenvalue weighted by atomic mass is 127. The zero-order valence-corrected chi connectivity index (χ0v) is 15.2. The van der Waals surface area contributed by atoms with Crippen LogP contribution in [0.3, 0.4) is 0 Å². The first kappa shape index (κ1) is 19.8. The van der Waals surface area contributed by atoms with Crippen LogP contribution in [0, 0.1) is 17.0 Å². The number of ether oxygens (including phenoxy) is 2. The van der Waals surface area contributed by atoms with E-state index in [1.165, 1.54) is 0 Å². The summed E-state index contributed by atoms with van der Waals surface area (Å²) in [6.07, 6.45) is -0.0221. The molecule has 0 unspecified atom stereocenters. The Balaban J connectivity index is 3.29. The molecule has 1 aromatic rings. The van der Waals surface area contributed by atoms with Gasteiger partial charge in [0.2, 0.25) is 0 Å². The molecular formula is C16H19F2IO4. The van der Waals surface area contributed by atoms with Crippen LogP contribution in [-0.2, 0) is 25.5 Å². The summed E-state index contributed by atoms with van der Waals surface area (Å²) >= 11 is 2.03. The lowest BCUT2D eigenvalue weighted by atomic mass is 9.79. The molecule has 0 bridgehead atoms. The summed E-state index contributed by atoms with van der Waals surface area (Å²) in [5.74, 6) is -3.01. The number of alkyl halides is 1. The first-order valence-electron chi connectivity index (χ1n) is 7.25. The Morgan fingerprint density at radius 2 is 1.52 bits per heavy atom. The van der Waals surface area contributed by atoms with E-state index in [1.807, 2.05) is 22.6 Å². The maximum atomic E-state index is 13.4. The number of carbonyl (C=O) groups is 2. The van der Waals surface area contributed by atoms with Gasteiger partial charge in [-0.15, -0.1) is 0 Å². The summed E-state index contributed by atoms with van der Waals surface area (Å²) in [4.78, 5) is 24.9. The van der Waals surface area contributed by atoms with Crippen LogP contribution in [0.5, 0.6) is 0 Å². The lowest BCUT2D eigenvalue weighted by Crippen LogP contribution is -2.44. The monoisotopic (exact) mass is 440 g/mol. The van der Waals surface area contributed by atoms with Crippen LogP contribution in [0.15, 0.2) is 18.2 Å². The Morgan fingerprint density at radius 1 is 1.04 bits per heavy atom. The van der Waals surface area contributed by atoms with E-state index >= 15 is 0 Å². The minimum atomic E-state index is -1.60. The predicted molar refractivity (Wildman–Crippen MR) is 89.3 cm³/mol. The van der Waals surface area contributed by atoms with Crippen molar-refractivity contribution in [3.05, 3.63) is 35.4 Å². The van der Waals surface area contributed by atoms with E-state index in [-0.39, 0.29) is 31.6 Å². The third-order valence-electron chi connectivity index (χ3n) is 3.28. The number of rotatable bonds is 8. The number of hydrogen-bond donors (Lipinski definition) is 0. The topological polar surface area (TPSA) is 52.6 Å². The molecule has 0 aliphatic heterocycles. The fraction of sp³-hybridized carbons (Fsp3) is 0.500. The van der Waals surface area contributed by atoms with E-state index in [4.69, 9.17) is 9.47 Å². The summed E-state index contributed by atoms with van der Waals surface area (Å²) < 4.78 is 37.4. The highest BCUT2D eigenvalue weighted by Gasteiger charge is 2.48. The van der Waals surface area contributed by atoms with Crippen molar-refractivity contribution < 1.29 is 27.8 Å². The smallest absolute Gasteiger partial charge is 0.323 e. The van der Waals surface area contributed by atoms with E-state index < -0.39 is 29.0 Å². The highest BCUT2D eigenvalue weighted by molar-refractivity contribution is 14.1. The van der Waals surface area contributed by atoms with Gasteiger partial charge < -0.3 is 9.47 Å². The van der Waals surface area contributed by atoms with Crippen LogP contribution in [-0.4, -0.2) is 29.6 Å². The van der Waals surface area contributed by atoms with Crippen molar-refractivity contribution in [3.63, 3.8) is 0 Å². The van der Waals surface area contributed by atoms with Gasteiger partial charge in [0, 0.05) is 10.5 Å². The lowest BCUT2D eigenvalue weighted by Gasteiger charge is -2.28. The largest absolute Gasteiger partial charge is 0.465 e. The van der Waals surface area contributed by atoms with Crippen molar-refractivity contribution in [1.29, 1.82) is 0 Å². The zero-order valence-electron chi connectivity index (χ0n) is 13.0. The molecule has 0 saturated heterocycles. The number of carbonyl (C=O) groups excluding carboxylic acids is 2. The fourth-order valence-electron chi connectivity index (χ4n) is 2.28. The predicted octanol–water partition coefficient (Wildman–Crippen LogP) is 3.45. The molecule has 0 aromatic heterocycles. The maximum absolute atomic E-state index is 13.4. The van der Waals surface area contributed by atoms with Gasteiger partial charge in [-0.3, -0.25) is 9.59 Å².